The van der Waals surface area contributed by atoms with Gasteiger partial charge >= 0.3 is 0 Å². The molecule has 0 bridgehead atoms. The first kappa shape index (κ1) is 9.07. The van der Waals surface area contributed by atoms with Crippen LogP contribution in [0.1, 0.15) is 6.92 Å². The van der Waals surface area contributed by atoms with Crippen molar-refractivity contribution in [3.8, 4) is 0 Å². The number of nitrogens with zero attached hydrogens (tertiary/aromatic N) is 1. The molecular formula is C8H15NOS. The lowest BCUT2D eigenvalue weighted by atomic mass is 10.2. The molecule has 1 aliphatic heterocycles. The Balaban J connectivity index is 2.18. The summed E-state index contributed by atoms with van der Waals surface area (Å²) in [7, 11) is 0. The highest BCUT2D eigenvalue weighted by molar-refractivity contribution is 7.99. The third-order valence-corrected chi connectivity index (χ3v) is 2.82. The normalized spacial score (nSPS) is 23.0. The fourth-order valence-electron chi connectivity index (χ4n) is 1.23. The molecule has 11 heavy (non-hydrogen) atoms. The summed E-state index contributed by atoms with van der Waals surface area (Å²) in [6.45, 7) is 5.24. The highest BCUT2D eigenvalue weighted by atomic mass is 32.2. The zero-order valence-corrected chi connectivity index (χ0v) is 7.77. The van der Waals surface area contributed by atoms with Crippen LogP contribution < -0.4 is 0 Å². The summed E-state index contributed by atoms with van der Waals surface area (Å²) in [5.74, 6) is 2.66. The van der Waals surface area contributed by atoms with Crippen LogP contribution in [0.2, 0.25) is 0 Å². The summed E-state index contributed by atoms with van der Waals surface area (Å²) in [4.78, 5) is 12.7. The number of carbonyl (C=O) groups excluding carboxylic acids is 1. The fourth-order valence-corrected chi connectivity index (χ4v) is 2.21. The van der Waals surface area contributed by atoms with Crippen LogP contribution in [0, 0.1) is 5.92 Å². The summed E-state index contributed by atoms with van der Waals surface area (Å²) >= 11 is 2.00. The number of hydrogen-bond acceptors (Lipinski definition) is 3. The average molecular weight is 173 g/mol. The van der Waals surface area contributed by atoms with Crippen LogP contribution in [-0.2, 0) is 4.79 Å². The van der Waals surface area contributed by atoms with Crippen molar-refractivity contribution >= 4 is 18.0 Å². The lowest BCUT2D eigenvalue weighted by Crippen LogP contribution is -2.36. The van der Waals surface area contributed by atoms with Gasteiger partial charge in [0.15, 0.2) is 0 Å². The molecule has 0 aromatic rings. The van der Waals surface area contributed by atoms with Gasteiger partial charge in [-0.3, -0.25) is 0 Å². The molecule has 64 valence electrons. The molecule has 1 rings (SSSR count). The highest BCUT2D eigenvalue weighted by Crippen LogP contribution is 2.09. The Labute approximate surface area is 72.3 Å². The summed E-state index contributed by atoms with van der Waals surface area (Å²) < 4.78 is 0. The first-order valence-corrected chi connectivity index (χ1v) is 5.24. The van der Waals surface area contributed by atoms with Gasteiger partial charge in [-0.1, -0.05) is 6.92 Å². The van der Waals surface area contributed by atoms with Crippen molar-refractivity contribution < 1.29 is 4.79 Å². The smallest absolute Gasteiger partial charge is 0.124 e. The van der Waals surface area contributed by atoms with Crippen LogP contribution in [-0.4, -0.2) is 42.3 Å². The first-order chi connectivity index (χ1) is 5.33. The molecule has 1 saturated heterocycles. The average Bonchev–Trinajstić information content (AvgIpc) is 2.06. The molecule has 2 nitrogen and oxygen atoms in total. The zero-order valence-electron chi connectivity index (χ0n) is 6.95. The zero-order chi connectivity index (χ0) is 8.10. The van der Waals surface area contributed by atoms with E-state index in [0.29, 0.717) is 0 Å². The second kappa shape index (κ2) is 4.78. The standard InChI is InChI=1S/C8H15NOS/c1-8(7-10)6-9-2-4-11-5-3-9/h7-8H,2-6H2,1H3. The Morgan fingerprint density at radius 3 is 2.73 bits per heavy atom. The molecule has 0 aliphatic carbocycles. The number of rotatable bonds is 3. The fraction of sp³-hybridized carbons (Fsp3) is 0.875. The van der Waals surface area contributed by atoms with E-state index < -0.39 is 0 Å². The Morgan fingerprint density at radius 2 is 2.18 bits per heavy atom. The van der Waals surface area contributed by atoms with Gasteiger partial charge < -0.3 is 9.69 Å². The van der Waals surface area contributed by atoms with Crippen molar-refractivity contribution in [1.82, 2.24) is 4.90 Å². The van der Waals surface area contributed by atoms with Crippen molar-refractivity contribution in [3.63, 3.8) is 0 Å². The van der Waals surface area contributed by atoms with Gasteiger partial charge in [0.2, 0.25) is 0 Å². The number of hydrogen-bond donors (Lipinski definition) is 0. The third-order valence-electron chi connectivity index (χ3n) is 1.88. The van der Waals surface area contributed by atoms with Gasteiger partial charge in [0, 0.05) is 37.1 Å². The van der Waals surface area contributed by atoms with Crippen molar-refractivity contribution in [3.05, 3.63) is 0 Å². The topological polar surface area (TPSA) is 20.3 Å². The van der Waals surface area contributed by atoms with E-state index in [2.05, 4.69) is 4.90 Å². The Bertz CT molecular complexity index is 123. The van der Waals surface area contributed by atoms with E-state index in [4.69, 9.17) is 0 Å². The van der Waals surface area contributed by atoms with Gasteiger partial charge in [-0.05, 0) is 0 Å². The minimum Gasteiger partial charge on any atom is -0.303 e. The van der Waals surface area contributed by atoms with Crippen molar-refractivity contribution in [2.24, 2.45) is 5.92 Å². The predicted molar refractivity (Wildman–Crippen MR) is 49.0 cm³/mol. The lowest BCUT2D eigenvalue weighted by molar-refractivity contribution is -0.111. The minimum atomic E-state index is 0.207. The molecule has 0 N–H and O–H groups in total. The predicted octanol–water partition coefficient (Wildman–Crippen LogP) is 0.870. The first-order valence-electron chi connectivity index (χ1n) is 4.08. The van der Waals surface area contributed by atoms with Crippen LogP contribution in [0.15, 0.2) is 0 Å². The van der Waals surface area contributed by atoms with Crippen LogP contribution >= 0.6 is 11.8 Å². The van der Waals surface area contributed by atoms with E-state index in [-0.39, 0.29) is 5.92 Å². The van der Waals surface area contributed by atoms with Gasteiger partial charge in [-0.15, -0.1) is 0 Å². The molecule has 1 aliphatic rings. The van der Waals surface area contributed by atoms with E-state index in [1.54, 1.807) is 0 Å². The van der Waals surface area contributed by atoms with E-state index in [0.717, 1.165) is 25.9 Å². The van der Waals surface area contributed by atoms with E-state index in [1.165, 1.54) is 11.5 Å². The van der Waals surface area contributed by atoms with Crippen LogP contribution in [0.25, 0.3) is 0 Å². The molecule has 0 radical (unpaired) electrons. The minimum absolute atomic E-state index is 0.207. The molecule has 1 unspecified atom stereocenters. The molecule has 0 amide bonds. The molecule has 0 aromatic carbocycles. The molecule has 0 aromatic heterocycles. The van der Waals surface area contributed by atoms with Gasteiger partial charge in [-0.2, -0.15) is 11.8 Å². The summed E-state index contributed by atoms with van der Waals surface area (Å²) in [5.41, 5.74) is 0. The maximum Gasteiger partial charge on any atom is 0.124 e. The highest BCUT2D eigenvalue weighted by Gasteiger charge is 2.12. The Kier molecular flexibility index (Phi) is 3.94. The van der Waals surface area contributed by atoms with Gasteiger partial charge in [0.25, 0.3) is 0 Å². The maximum atomic E-state index is 10.3. The second-order valence-corrected chi connectivity index (χ2v) is 4.25. The van der Waals surface area contributed by atoms with Gasteiger partial charge in [0.1, 0.15) is 6.29 Å². The van der Waals surface area contributed by atoms with Gasteiger partial charge in [-0.25, -0.2) is 0 Å². The molecular weight excluding hydrogens is 158 g/mol. The lowest BCUT2D eigenvalue weighted by Gasteiger charge is -2.27. The number of thioether (sulfide) groups is 1. The van der Waals surface area contributed by atoms with E-state index in [1.807, 2.05) is 18.7 Å². The monoisotopic (exact) mass is 173 g/mol. The quantitative estimate of drug-likeness (QED) is 0.591. The molecule has 0 saturated carbocycles. The van der Waals surface area contributed by atoms with Crippen LogP contribution in [0.3, 0.4) is 0 Å². The summed E-state index contributed by atoms with van der Waals surface area (Å²) in [6, 6.07) is 0. The second-order valence-electron chi connectivity index (χ2n) is 3.03. The molecule has 3 heteroatoms. The van der Waals surface area contributed by atoms with Crippen molar-refractivity contribution in [2.75, 3.05) is 31.1 Å². The largest absolute Gasteiger partial charge is 0.303 e. The summed E-state index contributed by atoms with van der Waals surface area (Å²) in [5, 5.41) is 0. The Hall–Kier alpha value is -0.0200. The SMILES string of the molecule is CC(C=O)CN1CCSCC1. The third kappa shape index (κ3) is 3.25. The molecule has 1 atom stereocenters. The molecule has 1 fully saturated rings. The van der Waals surface area contributed by atoms with Crippen LogP contribution in [0.4, 0.5) is 0 Å². The Morgan fingerprint density at radius 1 is 1.55 bits per heavy atom. The summed E-state index contributed by atoms with van der Waals surface area (Å²) in [6.07, 6.45) is 1.04. The number of aldehydes is 1. The van der Waals surface area contributed by atoms with E-state index >= 15 is 0 Å². The van der Waals surface area contributed by atoms with E-state index in [9.17, 15) is 4.79 Å². The number of carbonyl (C=O) groups is 1. The van der Waals surface area contributed by atoms with Crippen LogP contribution in [0.5, 0.6) is 0 Å². The van der Waals surface area contributed by atoms with Gasteiger partial charge in [0.05, 0.1) is 0 Å². The molecule has 1 heterocycles. The van der Waals surface area contributed by atoms with Crippen molar-refractivity contribution in [2.45, 2.75) is 6.92 Å². The maximum absolute atomic E-state index is 10.3. The van der Waals surface area contributed by atoms with Crippen molar-refractivity contribution in [1.29, 1.82) is 0 Å². The molecule has 0 spiro atoms.